The molecule has 25 heavy (non-hydrogen) atoms. The molecule has 0 saturated heterocycles. The molecule has 7 heteroatoms. The number of carboxylic acid groups (broad SMARTS) is 2. The van der Waals surface area contributed by atoms with Gasteiger partial charge in [0.05, 0.1) is 18.8 Å². The monoisotopic (exact) mass is 359 g/mol. The highest BCUT2D eigenvalue weighted by atomic mass is 16.5. The van der Waals surface area contributed by atoms with Crippen LogP contribution in [0.5, 0.6) is 0 Å². The van der Waals surface area contributed by atoms with Gasteiger partial charge in [-0.05, 0) is 33.6 Å². The van der Waals surface area contributed by atoms with Crippen molar-refractivity contribution in [2.75, 3.05) is 13.2 Å². The number of carboxylic acids is 2. The first kappa shape index (κ1) is 23.6. The van der Waals surface area contributed by atoms with Gasteiger partial charge in [-0.1, -0.05) is 25.7 Å². The number of rotatable bonds is 7. The molecule has 1 rings (SSSR count). The molecule has 1 atom stereocenters. The predicted molar refractivity (Wildman–Crippen MR) is 95.6 cm³/mol. The lowest BCUT2D eigenvalue weighted by atomic mass is 10.1. The molecular weight excluding hydrogens is 326 g/mol. The minimum absolute atomic E-state index is 0.0588. The van der Waals surface area contributed by atoms with Gasteiger partial charge in [0, 0.05) is 24.2 Å². The number of carbonyl (C=O) groups is 2. The maximum atomic E-state index is 9.83. The Kier molecular flexibility index (Phi) is 12.1. The van der Waals surface area contributed by atoms with Crippen LogP contribution in [0, 0.1) is 0 Å². The third-order valence-corrected chi connectivity index (χ3v) is 3.56. The molecule has 1 aliphatic carbocycles. The zero-order chi connectivity index (χ0) is 19.3. The minimum Gasteiger partial charge on any atom is -0.478 e. The molecule has 0 heterocycles. The molecule has 0 aromatic heterocycles. The number of aliphatic carboxylic acids is 2. The summed E-state index contributed by atoms with van der Waals surface area (Å²) in [5, 5.41) is 28.7. The molecule has 7 nitrogen and oxygen atoms in total. The van der Waals surface area contributed by atoms with E-state index in [1.54, 1.807) is 0 Å². The quantitative estimate of drug-likeness (QED) is 0.407. The van der Waals surface area contributed by atoms with Crippen molar-refractivity contribution in [2.45, 2.75) is 77.0 Å². The Bertz CT molecular complexity index is 392. The Labute approximate surface area is 150 Å². The molecule has 0 bridgehead atoms. The molecule has 0 aliphatic heterocycles. The first-order valence-electron chi connectivity index (χ1n) is 8.79. The van der Waals surface area contributed by atoms with Crippen molar-refractivity contribution in [2.24, 2.45) is 0 Å². The third kappa shape index (κ3) is 17.2. The molecule has 0 spiro atoms. The van der Waals surface area contributed by atoms with Crippen molar-refractivity contribution in [1.29, 1.82) is 0 Å². The summed E-state index contributed by atoms with van der Waals surface area (Å²) in [6.45, 7) is 7.38. The van der Waals surface area contributed by atoms with Gasteiger partial charge in [0.25, 0.3) is 0 Å². The number of β-amino-alcohol motifs (C(OH)–C–C–N with tert-alkyl or cyclic N) is 1. The van der Waals surface area contributed by atoms with Crippen LogP contribution in [0.1, 0.15) is 59.3 Å². The van der Waals surface area contributed by atoms with Crippen LogP contribution < -0.4 is 5.32 Å². The highest BCUT2D eigenvalue weighted by Crippen LogP contribution is 2.19. The zero-order valence-electron chi connectivity index (χ0n) is 15.5. The molecule has 146 valence electrons. The molecule has 1 fully saturated rings. The van der Waals surface area contributed by atoms with Gasteiger partial charge in [0.2, 0.25) is 0 Å². The average Bonchev–Trinajstić information content (AvgIpc) is 2.77. The second kappa shape index (κ2) is 12.9. The van der Waals surface area contributed by atoms with Gasteiger partial charge >= 0.3 is 11.9 Å². The molecule has 0 amide bonds. The van der Waals surface area contributed by atoms with Crippen molar-refractivity contribution in [3.63, 3.8) is 0 Å². The van der Waals surface area contributed by atoms with Gasteiger partial charge in [-0.15, -0.1) is 0 Å². The van der Waals surface area contributed by atoms with Gasteiger partial charge in [0.1, 0.15) is 0 Å². The summed E-state index contributed by atoms with van der Waals surface area (Å²) in [6.07, 6.45) is 8.67. The smallest absolute Gasteiger partial charge is 0.328 e. The SMILES string of the molecule is CC(C)(C)NCC(O)COC1CCCCCC1.O=C(O)/C=C\C(=O)O. The first-order chi connectivity index (χ1) is 11.6. The summed E-state index contributed by atoms with van der Waals surface area (Å²) in [4.78, 5) is 19.1. The molecule has 0 aromatic carbocycles. The van der Waals surface area contributed by atoms with Crippen molar-refractivity contribution < 1.29 is 29.6 Å². The van der Waals surface area contributed by atoms with Gasteiger partial charge in [-0.3, -0.25) is 0 Å². The highest BCUT2D eigenvalue weighted by Gasteiger charge is 2.16. The maximum Gasteiger partial charge on any atom is 0.328 e. The van der Waals surface area contributed by atoms with Gasteiger partial charge in [0.15, 0.2) is 0 Å². The van der Waals surface area contributed by atoms with Gasteiger partial charge < -0.3 is 25.4 Å². The van der Waals surface area contributed by atoms with E-state index in [1.807, 2.05) is 0 Å². The Balaban J connectivity index is 0.000000609. The van der Waals surface area contributed by atoms with E-state index in [4.69, 9.17) is 14.9 Å². The van der Waals surface area contributed by atoms with Crippen LogP contribution in [-0.2, 0) is 14.3 Å². The van der Waals surface area contributed by atoms with E-state index in [2.05, 4.69) is 26.1 Å². The topological polar surface area (TPSA) is 116 Å². The number of hydrogen-bond donors (Lipinski definition) is 4. The third-order valence-electron chi connectivity index (χ3n) is 3.56. The number of aliphatic hydroxyl groups excluding tert-OH is 1. The molecule has 1 aliphatic rings. The summed E-state index contributed by atoms with van der Waals surface area (Å²) < 4.78 is 5.80. The minimum atomic E-state index is -1.26. The second-order valence-electron chi connectivity index (χ2n) is 7.24. The normalized spacial score (nSPS) is 17.4. The average molecular weight is 359 g/mol. The number of nitrogens with one attached hydrogen (secondary N) is 1. The maximum absolute atomic E-state index is 9.83. The van der Waals surface area contributed by atoms with Crippen LogP contribution in [0.2, 0.25) is 0 Å². The lowest BCUT2D eigenvalue weighted by Crippen LogP contribution is -2.42. The first-order valence-corrected chi connectivity index (χ1v) is 8.79. The summed E-state index contributed by atoms with van der Waals surface area (Å²) >= 11 is 0. The molecule has 1 saturated carbocycles. The van der Waals surface area contributed by atoms with E-state index in [1.165, 1.54) is 38.5 Å². The summed E-state index contributed by atoms with van der Waals surface area (Å²) in [5.74, 6) is -2.51. The number of aliphatic hydroxyl groups is 1. The summed E-state index contributed by atoms with van der Waals surface area (Å²) in [7, 11) is 0. The van der Waals surface area contributed by atoms with Crippen molar-refractivity contribution in [1.82, 2.24) is 5.32 Å². The number of hydrogen-bond acceptors (Lipinski definition) is 5. The number of ether oxygens (including phenoxy) is 1. The fourth-order valence-electron chi connectivity index (χ4n) is 2.28. The van der Waals surface area contributed by atoms with Crippen LogP contribution in [0.3, 0.4) is 0 Å². The molecular formula is C18H33NO6. The summed E-state index contributed by atoms with van der Waals surface area (Å²) in [5.41, 5.74) is 0.0588. The Morgan fingerprint density at radius 2 is 1.56 bits per heavy atom. The van der Waals surface area contributed by atoms with E-state index >= 15 is 0 Å². The van der Waals surface area contributed by atoms with Gasteiger partial charge in [-0.2, -0.15) is 0 Å². The second-order valence-corrected chi connectivity index (χ2v) is 7.24. The van der Waals surface area contributed by atoms with E-state index in [-0.39, 0.29) is 5.54 Å². The fraction of sp³-hybridized carbons (Fsp3) is 0.778. The lowest BCUT2D eigenvalue weighted by molar-refractivity contribution is -0.134. The zero-order valence-corrected chi connectivity index (χ0v) is 15.5. The van der Waals surface area contributed by atoms with E-state index in [0.717, 1.165) is 0 Å². The standard InChI is InChI=1S/C14H29NO2.C4H4O4/c1-14(2,3)15-10-12(16)11-17-13-8-6-4-5-7-9-13;5-3(6)1-2-4(7)8/h12-13,15-16H,4-11H2,1-3H3;1-2H,(H,5,6)(H,7,8)/b;2-1-. The fourth-order valence-corrected chi connectivity index (χ4v) is 2.28. The highest BCUT2D eigenvalue weighted by molar-refractivity contribution is 5.89. The molecule has 4 N–H and O–H groups in total. The van der Waals surface area contributed by atoms with Crippen LogP contribution in [-0.4, -0.2) is 58.2 Å². The lowest BCUT2D eigenvalue weighted by Gasteiger charge is -2.24. The Hall–Kier alpha value is -1.44. The Morgan fingerprint density at radius 1 is 1.08 bits per heavy atom. The summed E-state index contributed by atoms with van der Waals surface area (Å²) in [6, 6.07) is 0. The predicted octanol–water partition coefficient (Wildman–Crippen LogP) is 2.19. The Morgan fingerprint density at radius 3 is 1.96 bits per heavy atom. The van der Waals surface area contributed by atoms with Crippen LogP contribution >= 0.6 is 0 Å². The van der Waals surface area contributed by atoms with Crippen LogP contribution in [0.4, 0.5) is 0 Å². The van der Waals surface area contributed by atoms with Gasteiger partial charge in [-0.25, -0.2) is 9.59 Å². The van der Waals surface area contributed by atoms with Crippen LogP contribution in [0.25, 0.3) is 0 Å². The van der Waals surface area contributed by atoms with Crippen LogP contribution in [0.15, 0.2) is 12.2 Å². The van der Waals surface area contributed by atoms with E-state index < -0.39 is 18.0 Å². The molecule has 0 radical (unpaired) electrons. The van der Waals surface area contributed by atoms with Crippen molar-refractivity contribution in [3.05, 3.63) is 12.2 Å². The molecule has 1 unspecified atom stereocenters. The molecule has 0 aromatic rings. The van der Waals surface area contributed by atoms with E-state index in [9.17, 15) is 14.7 Å². The largest absolute Gasteiger partial charge is 0.478 e. The van der Waals surface area contributed by atoms with Crippen molar-refractivity contribution in [3.8, 4) is 0 Å². The van der Waals surface area contributed by atoms with Crippen molar-refractivity contribution >= 4 is 11.9 Å². The van der Waals surface area contributed by atoms with E-state index in [0.29, 0.717) is 31.4 Å².